The average Bonchev–Trinajstić information content (AvgIpc) is 3.63. The van der Waals surface area contributed by atoms with Crippen LogP contribution in [0.2, 0.25) is 0 Å². The molecule has 2 aromatic heterocycles. The van der Waals surface area contributed by atoms with Crippen LogP contribution in [-0.4, -0.2) is 58.2 Å². The zero-order valence-corrected chi connectivity index (χ0v) is 18.8. The summed E-state index contributed by atoms with van der Waals surface area (Å²) < 4.78 is 13.1. The maximum absolute atomic E-state index is 5.56. The molecule has 0 spiro atoms. The van der Waals surface area contributed by atoms with E-state index in [1.54, 1.807) is 4.90 Å². The molecule has 0 bridgehead atoms. The molecular formula is C24H31N7O2+2. The Kier molecular flexibility index (Phi) is 5.65. The van der Waals surface area contributed by atoms with E-state index in [9.17, 15) is 0 Å². The van der Waals surface area contributed by atoms with E-state index < -0.39 is 0 Å². The average molecular weight is 450 g/mol. The predicted molar refractivity (Wildman–Crippen MR) is 119 cm³/mol. The lowest BCUT2D eigenvalue weighted by Gasteiger charge is -2.34. The fourth-order valence-corrected chi connectivity index (χ4v) is 5.64. The number of hydrogen-bond acceptors (Lipinski definition) is 6. The summed E-state index contributed by atoms with van der Waals surface area (Å²) in [5.41, 5.74) is 2.49. The highest BCUT2D eigenvalue weighted by Gasteiger charge is 2.37. The van der Waals surface area contributed by atoms with Gasteiger partial charge in [0.15, 0.2) is 17.5 Å². The third kappa shape index (κ3) is 4.18. The van der Waals surface area contributed by atoms with Crippen molar-refractivity contribution in [3.63, 3.8) is 0 Å². The van der Waals surface area contributed by atoms with Gasteiger partial charge in [-0.05, 0) is 53.6 Å². The Bertz CT molecular complexity index is 1080. The van der Waals surface area contributed by atoms with Crippen molar-refractivity contribution >= 4 is 0 Å². The molecule has 172 valence electrons. The van der Waals surface area contributed by atoms with E-state index in [-0.39, 0.29) is 6.04 Å². The monoisotopic (exact) mass is 449 g/mol. The SMILES string of the molecule is c1cncc([C@@H](c2nnnn2C2CCCC2)[NH+]2CC[NH+](Cc3ccc4c(c3)OCO4)CC2)c1. The summed E-state index contributed by atoms with van der Waals surface area (Å²) in [4.78, 5) is 7.53. The molecule has 1 aliphatic carbocycles. The highest BCUT2D eigenvalue weighted by molar-refractivity contribution is 5.44. The Hall–Kier alpha value is -3.04. The van der Waals surface area contributed by atoms with Gasteiger partial charge in [0.2, 0.25) is 12.6 Å². The number of nitrogens with one attached hydrogen (secondary N) is 2. The second-order valence-corrected chi connectivity index (χ2v) is 9.41. The van der Waals surface area contributed by atoms with Gasteiger partial charge in [0.05, 0.1) is 6.04 Å². The minimum absolute atomic E-state index is 0.112. The maximum atomic E-state index is 5.56. The molecule has 1 saturated heterocycles. The molecule has 3 aromatic rings. The number of pyridine rings is 1. The standard InChI is InChI=1S/C24H29N7O2/c1-2-6-20(5-1)31-24(26-27-28-31)23(19-4-3-9-25-15-19)30-12-10-29(11-13-30)16-18-7-8-21-22(14-18)33-17-32-21/h3-4,7-9,14-15,20,23H,1-2,5-6,10-13,16-17H2/p+2/t23-/m0/s1. The Morgan fingerprint density at radius 2 is 1.88 bits per heavy atom. The summed E-state index contributed by atoms with van der Waals surface area (Å²) in [7, 11) is 0. The lowest BCUT2D eigenvalue weighted by molar-refractivity contribution is -1.03. The molecule has 3 aliphatic rings. The largest absolute Gasteiger partial charge is 0.454 e. The number of ether oxygens (including phenoxy) is 2. The van der Waals surface area contributed by atoms with E-state index in [0.29, 0.717) is 12.8 Å². The first kappa shape index (κ1) is 20.6. The zero-order chi connectivity index (χ0) is 22.0. The van der Waals surface area contributed by atoms with E-state index in [0.717, 1.165) is 50.0 Å². The van der Waals surface area contributed by atoms with Crippen LogP contribution in [0.4, 0.5) is 0 Å². The number of tetrazole rings is 1. The molecule has 1 atom stereocenters. The van der Waals surface area contributed by atoms with Crippen LogP contribution in [0, 0.1) is 0 Å². The molecule has 1 aromatic carbocycles. The molecule has 0 amide bonds. The van der Waals surface area contributed by atoms with Gasteiger partial charge in [0, 0.05) is 23.5 Å². The molecule has 4 heterocycles. The normalized spacial score (nSPS) is 23.6. The van der Waals surface area contributed by atoms with E-state index in [1.807, 2.05) is 24.5 Å². The van der Waals surface area contributed by atoms with Gasteiger partial charge in [-0.1, -0.05) is 12.8 Å². The van der Waals surface area contributed by atoms with Crippen LogP contribution in [0.25, 0.3) is 0 Å². The van der Waals surface area contributed by atoms with Crippen molar-refractivity contribution in [1.82, 2.24) is 25.2 Å². The molecule has 6 rings (SSSR count). The molecule has 0 unspecified atom stereocenters. The van der Waals surface area contributed by atoms with Crippen molar-refractivity contribution in [3.05, 3.63) is 59.7 Å². The van der Waals surface area contributed by atoms with Crippen molar-refractivity contribution in [2.45, 2.75) is 44.3 Å². The van der Waals surface area contributed by atoms with Crippen LogP contribution in [0.5, 0.6) is 11.5 Å². The van der Waals surface area contributed by atoms with Gasteiger partial charge in [-0.15, -0.1) is 5.10 Å². The summed E-state index contributed by atoms with van der Waals surface area (Å²) in [6, 6.07) is 11.0. The molecule has 9 nitrogen and oxygen atoms in total. The molecule has 1 saturated carbocycles. The van der Waals surface area contributed by atoms with E-state index in [4.69, 9.17) is 9.47 Å². The van der Waals surface area contributed by atoms with E-state index in [1.165, 1.54) is 41.7 Å². The zero-order valence-electron chi connectivity index (χ0n) is 18.8. The molecular weight excluding hydrogens is 418 g/mol. The molecule has 33 heavy (non-hydrogen) atoms. The van der Waals surface area contributed by atoms with Crippen molar-refractivity contribution in [2.75, 3.05) is 33.0 Å². The van der Waals surface area contributed by atoms with Crippen LogP contribution in [0.15, 0.2) is 42.7 Å². The Morgan fingerprint density at radius 3 is 2.70 bits per heavy atom. The van der Waals surface area contributed by atoms with Gasteiger partial charge in [-0.25, -0.2) is 4.68 Å². The minimum atomic E-state index is 0.112. The van der Waals surface area contributed by atoms with E-state index in [2.05, 4.69) is 43.4 Å². The summed E-state index contributed by atoms with van der Waals surface area (Å²) in [6.07, 6.45) is 8.67. The van der Waals surface area contributed by atoms with Crippen molar-refractivity contribution < 1.29 is 19.3 Å². The third-order valence-corrected chi connectivity index (χ3v) is 7.36. The molecule has 2 fully saturated rings. The minimum Gasteiger partial charge on any atom is -0.454 e. The lowest BCUT2D eigenvalue weighted by atomic mass is 10.0. The topological polar surface area (TPSA) is 83.8 Å². The number of piperazine rings is 1. The Morgan fingerprint density at radius 1 is 1.03 bits per heavy atom. The van der Waals surface area contributed by atoms with Gasteiger partial charge in [-0.2, -0.15) is 0 Å². The number of hydrogen-bond donors (Lipinski definition) is 2. The van der Waals surface area contributed by atoms with Crippen LogP contribution in [-0.2, 0) is 6.54 Å². The highest BCUT2D eigenvalue weighted by atomic mass is 16.7. The first-order valence-electron chi connectivity index (χ1n) is 12.1. The second kappa shape index (κ2) is 9.07. The molecule has 0 radical (unpaired) electrons. The van der Waals surface area contributed by atoms with Crippen LogP contribution >= 0.6 is 0 Å². The fourth-order valence-electron chi connectivity index (χ4n) is 5.64. The number of benzene rings is 1. The van der Waals surface area contributed by atoms with Crippen LogP contribution in [0.3, 0.4) is 0 Å². The number of nitrogens with zero attached hydrogens (tertiary/aromatic N) is 5. The van der Waals surface area contributed by atoms with Gasteiger partial charge in [0.1, 0.15) is 32.7 Å². The van der Waals surface area contributed by atoms with Gasteiger partial charge >= 0.3 is 0 Å². The van der Waals surface area contributed by atoms with Crippen molar-refractivity contribution in [2.24, 2.45) is 0 Å². The summed E-state index contributed by atoms with van der Waals surface area (Å²) in [6.45, 7) is 5.66. The molecule has 2 N–H and O–H groups in total. The molecule has 2 aliphatic heterocycles. The summed E-state index contributed by atoms with van der Waals surface area (Å²) >= 11 is 0. The van der Waals surface area contributed by atoms with Crippen LogP contribution < -0.4 is 19.3 Å². The van der Waals surface area contributed by atoms with Gasteiger partial charge in [0.25, 0.3) is 0 Å². The van der Waals surface area contributed by atoms with Crippen molar-refractivity contribution in [3.8, 4) is 11.5 Å². The maximum Gasteiger partial charge on any atom is 0.231 e. The first-order valence-corrected chi connectivity index (χ1v) is 12.1. The number of aromatic nitrogens is 5. The third-order valence-electron chi connectivity index (χ3n) is 7.36. The lowest BCUT2D eigenvalue weighted by Crippen LogP contribution is -3.27. The second-order valence-electron chi connectivity index (χ2n) is 9.41. The Labute approximate surface area is 193 Å². The molecule has 9 heteroatoms. The number of fused-ring (bicyclic) bond motifs is 1. The van der Waals surface area contributed by atoms with Gasteiger partial charge < -0.3 is 19.3 Å². The summed E-state index contributed by atoms with van der Waals surface area (Å²) in [5, 5.41) is 13.1. The fraction of sp³-hybridized carbons (Fsp3) is 0.500. The van der Waals surface area contributed by atoms with Crippen molar-refractivity contribution in [1.29, 1.82) is 0 Å². The Balaban J connectivity index is 1.19. The quantitative estimate of drug-likeness (QED) is 0.551. The smallest absolute Gasteiger partial charge is 0.231 e. The highest BCUT2D eigenvalue weighted by Crippen LogP contribution is 2.32. The first-order chi connectivity index (χ1) is 16.3. The van der Waals surface area contributed by atoms with Gasteiger partial charge in [-0.3, -0.25) is 4.98 Å². The van der Waals surface area contributed by atoms with Crippen LogP contribution in [0.1, 0.15) is 54.7 Å². The number of rotatable bonds is 6. The predicted octanol–water partition coefficient (Wildman–Crippen LogP) is -0.0151. The summed E-state index contributed by atoms with van der Waals surface area (Å²) in [5.74, 6) is 2.71. The number of quaternary nitrogens is 2. The van der Waals surface area contributed by atoms with E-state index >= 15 is 0 Å².